The molecule has 0 fully saturated rings. The fraction of sp³-hybridized carbons (Fsp3) is 0.111. The van der Waals surface area contributed by atoms with E-state index in [-0.39, 0.29) is 10.8 Å². The third-order valence-electron chi connectivity index (χ3n) is 12.7. The highest BCUT2D eigenvalue weighted by Crippen LogP contribution is 2.52. The Hall–Kier alpha value is -6.64. The molecule has 0 saturated carbocycles. The van der Waals surface area contributed by atoms with Crippen LogP contribution in [-0.2, 0) is 10.8 Å². The maximum absolute atomic E-state index is 6.25. The average Bonchev–Trinajstić information content (AvgIpc) is 3.80. The maximum Gasteiger partial charge on any atom is 0.136 e. The lowest BCUT2D eigenvalue weighted by Gasteiger charge is -2.28. The van der Waals surface area contributed by atoms with E-state index in [1.54, 1.807) is 0 Å². The quantitative estimate of drug-likeness (QED) is 0.176. The first-order valence-corrected chi connectivity index (χ1v) is 19.7. The summed E-state index contributed by atoms with van der Waals surface area (Å²) in [5.41, 5.74) is 20.7. The van der Waals surface area contributed by atoms with Crippen LogP contribution in [0.5, 0.6) is 0 Å². The fourth-order valence-corrected chi connectivity index (χ4v) is 9.69. The van der Waals surface area contributed by atoms with Crippen molar-refractivity contribution in [3.05, 3.63) is 198 Å². The van der Waals surface area contributed by atoms with E-state index in [0.717, 1.165) is 50.1 Å². The van der Waals surface area contributed by atoms with Gasteiger partial charge in [-0.15, -0.1) is 0 Å². The second kappa shape index (κ2) is 11.9. The maximum atomic E-state index is 6.25. The molecule has 2 aliphatic carbocycles. The van der Waals surface area contributed by atoms with E-state index >= 15 is 0 Å². The van der Waals surface area contributed by atoms with Crippen LogP contribution >= 0.6 is 0 Å². The van der Waals surface area contributed by atoms with Gasteiger partial charge >= 0.3 is 0 Å². The molecule has 0 amide bonds. The van der Waals surface area contributed by atoms with Crippen LogP contribution in [0.1, 0.15) is 49.9 Å². The number of rotatable bonds is 5. The second-order valence-corrected chi connectivity index (χ2v) is 16.6. The van der Waals surface area contributed by atoms with Crippen molar-refractivity contribution in [3.8, 4) is 44.5 Å². The number of para-hydroxylation sites is 1. The molecule has 0 bridgehead atoms. The summed E-state index contributed by atoms with van der Waals surface area (Å²) in [6, 6.07) is 64.6. The zero-order chi connectivity index (χ0) is 37.8. The van der Waals surface area contributed by atoms with Gasteiger partial charge in [0.1, 0.15) is 11.2 Å². The van der Waals surface area contributed by atoms with Gasteiger partial charge in [0, 0.05) is 38.7 Å². The van der Waals surface area contributed by atoms with Crippen LogP contribution < -0.4 is 4.90 Å². The molecule has 268 valence electrons. The number of benzene rings is 8. The summed E-state index contributed by atoms with van der Waals surface area (Å²) in [4.78, 5) is 2.40. The third-order valence-corrected chi connectivity index (χ3v) is 12.7. The van der Waals surface area contributed by atoms with Gasteiger partial charge in [0.25, 0.3) is 0 Å². The summed E-state index contributed by atoms with van der Waals surface area (Å²) in [6.07, 6.45) is 0. The minimum Gasteiger partial charge on any atom is -0.456 e. The standard InChI is InChI=1S/C54H41NO/c1-53(2)48-15-9-6-12-42(48)46-31-36(22-30-49(46)53)34-17-23-38(24-18-34)55(40-27-29-43-41-11-5-8-14-47(41)54(3,4)50(43)33-40)39-25-19-35(20-26-39)37-21-28-45-44-13-7-10-16-51(44)56-52(45)32-37/h5-33H,1-4H3. The summed E-state index contributed by atoms with van der Waals surface area (Å²) >= 11 is 0. The SMILES string of the molecule is CC1(C)c2ccccc2-c2cc(-c3ccc(N(c4ccc(-c5ccc6c(c5)oc5ccccc56)cc4)c4ccc5c(c4)C(C)(C)c4ccccc4-5)cc3)ccc21. The molecule has 8 aromatic carbocycles. The molecular weight excluding hydrogens is 679 g/mol. The summed E-state index contributed by atoms with van der Waals surface area (Å²) < 4.78 is 6.25. The fourth-order valence-electron chi connectivity index (χ4n) is 9.69. The molecular formula is C54H41NO. The first kappa shape index (κ1) is 32.8. The third kappa shape index (κ3) is 4.82. The van der Waals surface area contributed by atoms with Crippen LogP contribution in [0.4, 0.5) is 17.1 Å². The Morgan fingerprint density at radius 1 is 0.339 bits per heavy atom. The number of hydrogen-bond donors (Lipinski definition) is 0. The van der Waals surface area contributed by atoms with E-state index in [2.05, 4.69) is 196 Å². The Balaban J connectivity index is 0.993. The summed E-state index contributed by atoms with van der Waals surface area (Å²) in [5.74, 6) is 0. The van der Waals surface area contributed by atoms with Crippen molar-refractivity contribution in [2.75, 3.05) is 4.90 Å². The predicted octanol–water partition coefficient (Wildman–Crippen LogP) is 15.0. The van der Waals surface area contributed by atoms with Crippen molar-refractivity contribution >= 4 is 39.0 Å². The molecule has 1 aromatic heterocycles. The van der Waals surface area contributed by atoms with Gasteiger partial charge < -0.3 is 9.32 Å². The van der Waals surface area contributed by atoms with Crippen molar-refractivity contribution in [1.82, 2.24) is 0 Å². The lowest BCUT2D eigenvalue weighted by atomic mass is 9.82. The molecule has 0 unspecified atom stereocenters. The van der Waals surface area contributed by atoms with Crippen LogP contribution in [0.25, 0.3) is 66.4 Å². The highest BCUT2D eigenvalue weighted by molar-refractivity contribution is 6.06. The van der Waals surface area contributed by atoms with Crippen molar-refractivity contribution < 1.29 is 4.42 Å². The molecule has 0 aliphatic heterocycles. The molecule has 1 heterocycles. The van der Waals surface area contributed by atoms with Gasteiger partial charge in [-0.2, -0.15) is 0 Å². The van der Waals surface area contributed by atoms with Gasteiger partial charge in [-0.25, -0.2) is 0 Å². The first-order chi connectivity index (χ1) is 27.3. The number of anilines is 3. The van der Waals surface area contributed by atoms with Crippen molar-refractivity contribution in [2.24, 2.45) is 0 Å². The van der Waals surface area contributed by atoms with E-state index in [1.807, 2.05) is 12.1 Å². The highest BCUT2D eigenvalue weighted by Gasteiger charge is 2.36. The Kier molecular flexibility index (Phi) is 6.98. The van der Waals surface area contributed by atoms with Crippen molar-refractivity contribution in [2.45, 2.75) is 38.5 Å². The molecule has 56 heavy (non-hydrogen) atoms. The predicted molar refractivity (Wildman–Crippen MR) is 234 cm³/mol. The van der Waals surface area contributed by atoms with Gasteiger partial charge in [-0.05, 0) is 127 Å². The molecule has 0 radical (unpaired) electrons. The molecule has 2 nitrogen and oxygen atoms in total. The molecule has 0 atom stereocenters. The lowest BCUT2D eigenvalue weighted by Crippen LogP contribution is -2.16. The first-order valence-electron chi connectivity index (χ1n) is 19.7. The van der Waals surface area contributed by atoms with Crippen LogP contribution in [0.2, 0.25) is 0 Å². The van der Waals surface area contributed by atoms with E-state index in [0.29, 0.717) is 0 Å². The minimum atomic E-state index is -0.0998. The van der Waals surface area contributed by atoms with Gasteiger partial charge in [0.2, 0.25) is 0 Å². The van der Waals surface area contributed by atoms with E-state index in [9.17, 15) is 0 Å². The Bertz CT molecular complexity index is 3010. The van der Waals surface area contributed by atoms with Crippen molar-refractivity contribution in [3.63, 3.8) is 0 Å². The number of hydrogen-bond acceptors (Lipinski definition) is 2. The Morgan fingerprint density at radius 2 is 0.821 bits per heavy atom. The topological polar surface area (TPSA) is 16.4 Å². The zero-order valence-corrected chi connectivity index (χ0v) is 32.1. The van der Waals surface area contributed by atoms with Gasteiger partial charge in [0.05, 0.1) is 0 Å². The van der Waals surface area contributed by atoms with Crippen LogP contribution in [-0.4, -0.2) is 0 Å². The van der Waals surface area contributed by atoms with Gasteiger partial charge in [-0.1, -0.05) is 143 Å². The van der Waals surface area contributed by atoms with Crippen LogP contribution in [0.15, 0.2) is 180 Å². The van der Waals surface area contributed by atoms with Crippen LogP contribution in [0, 0.1) is 0 Å². The average molecular weight is 720 g/mol. The minimum absolute atomic E-state index is 0.00364. The molecule has 11 rings (SSSR count). The molecule has 0 spiro atoms. The molecule has 0 N–H and O–H groups in total. The molecule has 9 aromatic rings. The monoisotopic (exact) mass is 719 g/mol. The molecule has 0 saturated heterocycles. The Labute approximate surface area is 328 Å². The van der Waals surface area contributed by atoms with E-state index < -0.39 is 0 Å². The largest absolute Gasteiger partial charge is 0.456 e. The second-order valence-electron chi connectivity index (χ2n) is 16.6. The lowest BCUT2D eigenvalue weighted by molar-refractivity contribution is 0.660. The molecule has 2 aliphatic rings. The summed E-state index contributed by atoms with van der Waals surface area (Å²) in [5, 5.41) is 2.29. The number of nitrogens with zero attached hydrogens (tertiary/aromatic N) is 1. The number of furan rings is 1. The Morgan fingerprint density at radius 3 is 1.52 bits per heavy atom. The van der Waals surface area contributed by atoms with Crippen molar-refractivity contribution in [1.29, 1.82) is 0 Å². The zero-order valence-electron chi connectivity index (χ0n) is 32.1. The van der Waals surface area contributed by atoms with Gasteiger partial charge in [0.15, 0.2) is 0 Å². The summed E-state index contributed by atoms with van der Waals surface area (Å²) in [7, 11) is 0. The molecule has 2 heteroatoms. The highest BCUT2D eigenvalue weighted by atomic mass is 16.3. The summed E-state index contributed by atoms with van der Waals surface area (Å²) in [6.45, 7) is 9.38. The van der Waals surface area contributed by atoms with E-state index in [4.69, 9.17) is 4.42 Å². The normalized spacial score (nSPS) is 14.4. The van der Waals surface area contributed by atoms with Gasteiger partial charge in [-0.3, -0.25) is 0 Å². The van der Waals surface area contributed by atoms with E-state index in [1.165, 1.54) is 55.6 Å². The smallest absolute Gasteiger partial charge is 0.136 e. The van der Waals surface area contributed by atoms with Crippen LogP contribution in [0.3, 0.4) is 0 Å². The number of fused-ring (bicyclic) bond motifs is 9.